The lowest BCUT2D eigenvalue weighted by molar-refractivity contribution is -0.137. The maximum Gasteiger partial charge on any atom is 0.417 e. The number of alkyl halides is 3. The fraction of sp³-hybridized carbons (Fsp3) is 0.333. The van der Waals surface area contributed by atoms with Gasteiger partial charge in [-0.25, -0.2) is 0 Å². The third-order valence-corrected chi connectivity index (χ3v) is 1.99. The highest BCUT2D eigenvalue weighted by molar-refractivity contribution is 6.31. The summed E-state index contributed by atoms with van der Waals surface area (Å²) in [5, 5.41) is -0.139. The summed E-state index contributed by atoms with van der Waals surface area (Å²) in [5.41, 5.74) is -0.753. The van der Waals surface area contributed by atoms with E-state index in [1.165, 1.54) is 6.92 Å². The van der Waals surface area contributed by atoms with Crippen molar-refractivity contribution >= 4 is 17.4 Å². The summed E-state index contributed by atoms with van der Waals surface area (Å²) < 4.78 is 36.6. The maximum atomic E-state index is 12.2. The van der Waals surface area contributed by atoms with E-state index in [0.717, 1.165) is 6.07 Å². The summed E-state index contributed by atoms with van der Waals surface area (Å²) in [6.45, 7) is 1.32. The first kappa shape index (κ1) is 12.0. The molecule has 0 aliphatic rings. The molecule has 0 radical (unpaired) electrons. The van der Waals surface area contributed by atoms with E-state index in [9.17, 15) is 18.0 Å². The number of ketones is 1. The highest BCUT2D eigenvalue weighted by atomic mass is 35.5. The molecule has 0 unspecified atom stereocenters. The molecule has 1 aromatic heterocycles. The number of rotatable bonds is 2. The zero-order valence-corrected chi connectivity index (χ0v) is 8.49. The molecule has 0 aromatic carbocycles. The highest BCUT2D eigenvalue weighted by Crippen LogP contribution is 2.31. The Bertz CT molecular complexity index is 389. The average Bonchev–Trinajstić information content (AvgIpc) is 2.05. The molecule has 0 aliphatic carbocycles. The van der Waals surface area contributed by atoms with E-state index in [-0.39, 0.29) is 22.9 Å². The number of Topliss-reactive ketones (excluding diaryl/α,β-unsaturated/α-hetero) is 1. The number of hydrogen-bond acceptors (Lipinski definition) is 2. The second-order valence-corrected chi connectivity index (χ2v) is 3.44. The molecule has 0 bridgehead atoms. The molecule has 1 rings (SSSR count). The predicted molar refractivity (Wildman–Crippen MR) is 48.6 cm³/mol. The molecule has 0 N–H and O–H groups in total. The first-order valence-corrected chi connectivity index (χ1v) is 4.39. The predicted octanol–water partition coefficient (Wildman–Crippen LogP) is 2.89. The quantitative estimate of drug-likeness (QED) is 0.792. The fourth-order valence-corrected chi connectivity index (χ4v) is 1.22. The topological polar surface area (TPSA) is 30.0 Å². The highest BCUT2D eigenvalue weighted by Gasteiger charge is 2.31. The van der Waals surface area contributed by atoms with Crippen LogP contribution in [0, 0.1) is 0 Å². The molecular weight excluding hydrogens is 231 g/mol. The summed E-state index contributed by atoms with van der Waals surface area (Å²) in [5.74, 6) is -0.204. The van der Waals surface area contributed by atoms with Crippen LogP contribution in [0.2, 0.25) is 5.02 Å². The molecule has 0 spiro atoms. The van der Waals surface area contributed by atoms with Gasteiger partial charge < -0.3 is 0 Å². The van der Waals surface area contributed by atoms with Crippen molar-refractivity contribution in [3.8, 4) is 0 Å². The lowest BCUT2D eigenvalue weighted by atomic mass is 10.2. The van der Waals surface area contributed by atoms with Gasteiger partial charge in [0.05, 0.1) is 16.3 Å². The Balaban J connectivity index is 3.03. The summed E-state index contributed by atoms with van der Waals surface area (Å²) in [6.07, 6.45) is -3.85. The number of hydrogen-bond donors (Lipinski definition) is 0. The minimum Gasteiger partial charge on any atom is -0.300 e. The summed E-state index contributed by atoms with van der Waals surface area (Å²) >= 11 is 5.56. The Labute approximate surface area is 89.1 Å². The normalized spacial score (nSPS) is 11.5. The van der Waals surface area contributed by atoms with Gasteiger partial charge in [-0.2, -0.15) is 13.2 Å². The second kappa shape index (κ2) is 4.18. The van der Waals surface area contributed by atoms with Gasteiger partial charge in [-0.15, -0.1) is 0 Å². The van der Waals surface area contributed by atoms with E-state index in [1.54, 1.807) is 0 Å². The van der Waals surface area contributed by atoms with E-state index in [0.29, 0.717) is 6.20 Å². The van der Waals surface area contributed by atoms with Gasteiger partial charge >= 0.3 is 6.18 Å². The van der Waals surface area contributed by atoms with Crippen LogP contribution in [0.25, 0.3) is 0 Å². The van der Waals surface area contributed by atoms with Crippen molar-refractivity contribution in [1.29, 1.82) is 0 Å². The largest absolute Gasteiger partial charge is 0.417 e. The van der Waals surface area contributed by atoms with Gasteiger partial charge in [0, 0.05) is 12.6 Å². The number of nitrogens with zero attached hydrogens (tertiary/aromatic N) is 1. The van der Waals surface area contributed by atoms with Crippen LogP contribution in [-0.2, 0) is 17.4 Å². The van der Waals surface area contributed by atoms with E-state index < -0.39 is 11.7 Å². The van der Waals surface area contributed by atoms with Gasteiger partial charge in [-0.3, -0.25) is 9.78 Å². The van der Waals surface area contributed by atoms with Crippen LogP contribution in [0.5, 0.6) is 0 Å². The zero-order valence-electron chi connectivity index (χ0n) is 7.73. The van der Waals surface area contributed by atoms with Crippen LogP contribution in [0.4, 0.5) is 13.2 Å². The molecule has 0 fully saturated rings. The van der Waals surface area contributed by atoms with Crippen molar-refractivity contribution in [2.45, 2.75) is 19.5 Å². The minimum atomic E-state index is -4.47. The van der Waals surface area contributed by atoms with E-state index in [4.69, 9.17) is 11.6 Å². The Hall–Kier alpha value is -1.10. The van der Waals surface area contributed by atoms with Crippen molar-refractivity contribution in [1.82, 2.24) is 4.98 Å². The van der Waals surface area contributed by atoms with E-state index in [1.807, 2.05) is 0 Å². The Morgan fingerprint density at radius 1 is 1.53 bits per heavy atom. The standard InChI is InChI=1S/C9H7ClF3NO/c1-5(15)2-8-7(10)3-6(4-14-8)9(11,12)13/h3-4H,2H2,1H3. The Morgan fingerprint density at radius 3 is 2.53 bits per heavy atom. The molecule has 0 atom stereocenters. The van der Waals surface area contributed by atoms with Gasteiger partial charge in [0.15, 0.2) is 0 Å². The third kappa shape index (κ3) is 3.20. The van der Waals surface area contributed by atoms with Crippen LogP contribution in [-0.4, -0.2) is 10.8 Å². The monoisotopic (exact) mass is 237 g/mol. The van der Waals surface area contributed by atoms with Crippen LogP contribution >= 0.6 is 11.6 Å². The summed E-state index contributed by atoms with van der Waals surface area (Å²) in [7, 11) is 0. The number of aromatic nitrogens is 1. The lowest BCUT2D eigenvalue weighted by Gasteiger charge is -2.08. The van der Waals surface area contributed by atoms with Gasteiger partial charge in [0.1, 0.15) is 5.78 Å². The lowest BCUT2D eigenvalue weighted by Crippen LogP contribution is -2.08. The Morgan fingerprint density at radius 2 is 2.13 bits per heavy atom. The number of pyridine rings is 1. The molecule has 0 saturated carbocycles. The van der Waals surface area contributed by atoms with Gasteiger partial charge in [0.25, 0.3) is 0 Å². The maximum absolute atomic E-state index is 12.2. The van der Waals surface area contributed by atoms with Crippen molar-refractivity contribution in [3.63, 3.8) is 0 Å². The molecule has 0 saturated heterocycles. The average molecular weight is 238 g/mol. The van der Waals surface area contributed by atoms with Gasteiger partial charge in [0.2, 0.25) is 0 Å². The van der Waals surface area contributed by atoms with E-state index in [2.05, 4.69) is 4.98 Å². The molecule has 82 valence electrons. The van der Waals surface area contributed by atoms with Crippen molar-refractivity contribution in [3.05, 3.63) is 28.5 Å². The molecule has 1 aromatic rings. The first-order valence-electron chi connectivity index (χ1n) is 4.01. The van der Waals surface area contributed by atoms with Crippen molar-refractivity contribution in [2.24, 2.45) is 0 Å². The fourth-order valence-electron chi connectivity index (χ4n) is 0.987. The SMILES string of the molecule is CC(=O)Cc1ncc(C(F)(F)F)cc1Cl. The van der Waals surface area contributed by atoms with Crippen LogP contribution in [0.1, 0.15) is 18.2 Å². The second-order valence-electron chi connectivity index (χ2n) is 3.03. The summed E-state index contributed by atoms with van der Waals surface area (Å²) in [4.78, 5) is 14.2. The van der Waals surface area contributed by atoms with Gasteiger partial charge in [-0.1, -0.05) is 11.6 Å². The molecule has 15 heavy (non-hydrogen) atoms. The molecule has 0 amide bonds. The first-order chi connectivity index (χ1) is 6.80. The minimum absolute atomic E-state index is 0.0586. The van der Waals surface area contributed by atoms with Crippen LogP contribution in [0.15, 0.2) is 12.3 Å². The molecule has 6 heteroatoms. The number of carbonyl (C=O) groups is 1. The zero-order chi connectivity index (χ0) is 11.6. The van der Waals surface area contributed by atoms with Crippen LogP contribution in [0.3, 0.4) is 0 Å². The number of carbonyl (C=O) groups excluding carboxylic acids is 1. The van der Waals surface area contributed by atoms with Crippen molar-refractivity contribution < 1.29 is 18.0 Å². The summed E-state index contributed by atoms with van der Waals surface area (Å²) in [6, 6.07) is 0.771. The van der Waals surface area contributed by atoms with Gasteiger partial charge in [-0.05, 0) is 13.0 Å². The smallest absolute Gasteiger partial charge is 0.300 e. The Kier molecular flexibility index (Phi) is 3.34. The van der Waals surface area contributed by atoms with Crippen LogP contribution < -0.4 is 0 Å². The molecular formula is C9H7ClF3NO. The number of halogens is 4. The molecule has 0 aliphatic heterocycles. The molecule has 2 nitrogen and oxygen atoms in total. The molecule has 1 heterocycles. The third-order valence-electron chi connectivity index (χ3n) is 1.66. The van der Waals surface area contributed by atoms with Crippen molar-refractivity contribution in [2.75, 3.05) is 0 Å². The van der Waals surface area contributed by atoms with E-state index >= 15 is 0 Å².